The van der Waals surface area contributed by atoms with Crippen molar-refractivity contribution in [2.24, 2.45) is 17.8 Å². The summed E-state index contributed by atoms with van der Waals surface area (Å²) in [5.41, 5.74) is 7.24. The standard InChI is InChI=1S/C50H56N8O7/c1-7-11-29-19-40(58(25-29)48(60)43(56-50(62)64-6)30-12-9-8-10-13-30)45-51-23-38(53-45)32-14-16-34-33(20-32)26-65-41-22-35-31(21-36(34)41)15-17-37-44(35)54-46(52-37)39-18-28(4)24-57(39)47(59)42(27(2)3)55-49(61)63-5/h8-10,12-17,20-23,27-29,39-40,42-43H,7,11,18-19,24-26H2,1-6H3,(H,51,53)(H,52,54)(H,55,61)(H,56,62)/t28-,29-,39-,40-,42-,43+/m0/s1. The van der Waals surface area contributed by atoms with Gasteiger partial charge in [0.1, 0.15) is 36.1 Å². The Morgan fingerprint density at radius 1 is 0.846 bits per heavy atom. The number of alkyl carbamates (subject to hydrolysis) is 2. The second-order valence-corrected chi connectivity index (χ2v) is 18.1. The maximum atomic E-state index is 14.4. The molecule has 4 amide bonds. The number of ether oxygens (including phenoxy) is 3. The quantitative estimate of drug-likeness (QED) is 0.0989. The first kappa shape index (κ1) is 43.4. The molecule has 2 saturated heterocycles. The van der Waals surface area contributed by atoms with Gasteiger partial charge in [0, 0.05) is 24.0 Å². The van der Waals surface area contributed by atoms with Crippen molar-refractivity contribution in [3.8, 4) is 28.1 Å². The van der Waals surface area contributed by atoms with Crippen molar-refractivity contribution in [2.45, 2.75) is 84.2 Å². The average Bonchev–Trinajstić information content (AvgIpc) is 4.15. The highest BCUT2D eigenvalue weighted by Crippen LogP contribution is 2.44. The molecule has 5 heterocycles. The summed E-state index contributed by atoms with van der Waals surface area (Å²) in [6, 6.07) is 21.7. The second-order valence-electron chi connectivity index (χ2n) is 18.1. The molecule has 0 unspecified atom stereocenters. The van der Waals surface area contributed by atoms with Gasteiger partial charge in [-0.25, -0.2) is 19.6 Å². The summed E-state index contributed by atoms with van der Waals surface area (Å²) < 4.78 is 16.2. The van der Waals surface area contributed by atoms with Crippen LogP contribution in [0.4, 0.5) is 9.59 Å². The van der Waals surface area contributed by atoms with E-state index in [1.165, 1.54) is 14.2 Å². The van der Waals surface area contributed by atoms with E-state index in [1.54, 1.807) is 0 Å². The first-order valence-corrected chi connectivity index (χ1v) is 22.6. The van der Waals surface area contributed by atoms with Gasteiger partial charge in [0.2, 0.25) is 5.91 Å². The molecule has 0 spiro atoms. The number of benzene rings is 4. The van der Waals surface area contributed by atoms with Gasteiger partial charge in [-0.15, -0.1) is 0 Å². The van der Waals surface area contributed by atoms with E-state index in [-0.39, 0.29) is 35.7 Å². The lowest BCUT2D eigenvalue weighted by atomic mass is 9.92. The second kappa shape index (κ2) is 17.9. The molecular weight excluding hydrogens is 825 g/mol. The van der Waals surface area contributed by atoms with Gasteiger partial charge in [0.15, 0.2) is 0 Å². The highest BCUT2D eigenvalue weighted by atomic mass is 16.5. The van der Waals surface area contributed by atoms with Crippen molar-refractivity contribution >= 4 is 45.8 Å². The summed E-state index contributed by atoms with van der Waals surface area (Å²) >= 11 is 0. The van der Waals surface area contributed by atoms with E-state index in [1.807, 2.05) is 66.2 Å². The van der Waals surface area contributed by atoms with E-state index in [0.29, 0.717) is 42.8 Å². The number of fused-ring (bicyclic) bond motifs is 6. The summed E-state index contributed by atoms with van der Waals surface area (Å²) in [5, 5.41) is 7.46. The maximum absolute atomic E-state index is 14.4. The van der Waals surface area contributed by atoms with Crippen LogP contribution in [0.3, 0.4) is 0 Å². The predicted octanol–water partition coefficient (Wildman–Crippen LogP) is 8.74. The lowest BCUT2D eigenvalue weighted by Gasteiger charge is -2.30. The number of rotatable bonds is 11. The molecule has 9 rings (SSSR count). The minimum Gasteiger partial charge on any atom is -0.488 e. The van der Waals surface area contributed by atoms with Crippen molar-refractivity contribution in [2.75, 3.05) is 27.3 Å². The Bertz CT molecular complexity index is 2770. The molecule has 3 aliphatic rings. The molecule has 65 heavy (non-hydrogen) atoms. The number of hydrogen-bond acceptors (Lipinski definition) is 9. The molecule has 0 aliphatic carbocycles. The fraction of sp³-hybridized carbons (Fsp3) is 0.400. The molecule has 0 bridgehead atoms. The molecule has 2 fully saturated rings. The number of nitrogens with one attached hydrogen (secondary N) is 4. The molecule has 15 heteroatoms. The number of aromatic amines is 2. The van der Waals surface area contributed by atoms with Crippen molar-refractivity contribution in [1.29, 1.82) is 0 Å². The Labute approximate surface area is 377 Å². The van der Waals surface area contributed by atoms with Crippen LogP contribution >= 0.6 is 0 Å². The van der Waals surface area contributed by atoms with Crippen molar-refractivity contribution in [3.05, 3.63) is 102 Å². The summed E-state index contributed by atoms with van der Waals surface area (Å²) in [7, 11) is 2.59. The molecule has 15 nitrogen and oxygen atoms in total. The van der Waals surface area contributed by atoms with E-state index < -0.39 is 24.3 Å². The molecule has 338 valence electrons. The first-order chi connectivity index (χ1) is 31.4. The third-order valence-corrected chi connectivity index (χ3v) is 13.3. The third-order valence-electron chi connectivity index (χ3n) is 13.3. The van der Waals surface area contributed by atoms with Crippen LogP contribution in [0.5, 0.6) is 5.75 Å². The minimum atomic E-state index is -0.907. The Hall–Kier alpha value is -6.90. The smallest absolute Gasteiger partial charge is 0.407 e. The zero-order valence-electron chi connectivity index (χ0n) is 37.6. The first-order valence-electron chi connectivity index (χ1n) is 22.6. The number of aromatic nitrogens is 4. The fourth-order valence-corrected chi connectivity index (χ4v) is 10.0. The number of carbonyl (C=O) groups excluding carboxylic acids is 4. The van der Waals surface area contributed by atoms with Crippen molar-refractivity contribution in [3.63, 3.8) is 0 Å². The van der Waals surface area contributed by atoms with Crippen molar-refractivity contribution < 1.29 is 33.4 Å². The minimum absolute atomic E-state index is 0.136. The highest BCUT2D eigenvalue weighted by molar-refractivity contribution is 6.07. The SMILES string of the molecule is CCC[C@H]1C[C@@H](c2ncc(-c3ccc4c(c3)COc3cc5c(ccc6[nH]c([C@@H]7C[C@H](C)CN7C(=O)[C@@H](NC(=O)OC)C(C)C)nc65)cc3-4)[nH]2)N(C(=O)[C@H](NC(=O)OC)c2ccccc2)C1. The van der Waals surface area contributed by atoms with Crippen LogP contribution in [0.15, 0.2) is 79.0 Å². The zero-order chi connectivity index (χ0) is 45.5. The van der Waals surface area contributed by atoms with Crippen LogP contribution in [-0.2, 0) is 25.7 Å². The van der Waals surface area contributed by atoms with Gasteiger partial charge in [-0.1, -0.05) is 82.6 Å². The van der Waals surface area contributed by atoms with Gasteiger partial charge in [-0.05, 0) is 88.9 Å². The largest absolute Gasteiger partial charge is 0.488 e. The molecule has 6 atom stereocenters. The van der Waals surface area contributed by atoms with Gasteiger partial charge in [-0.2, -0.15) is 0 Å². The van der Waals surface area contributed by atoms with Crippen LogP contribution in [0.25, 0.3) is 44.2 Å². The van der Waals surface area contributed by atoms with Gasteiger partial charge >= 0.3 is 12.2 Å². The number of amides is 4. The van der Waals surface area contributed by atoms with E-state index in [2.05, 4.69) is 70.8 Å². The van der Waals surface area contributed by atoms with E-state index in [9.17, 15) is 19.2 Å². The Morgan fingerprint density at radius 3 is 2.35 bits per heavy atom. The van der Waals surface area contributed by atoms with Gasteiger partial charge in [-0.3, -0.25) is 9.59 Å². The normalized spacial score (nSPS) is 20.0. The Balaban J connectivity index is 0.974. The number of nitrogens with zero attached hydrogens (tertiary/aromatic N) is 4. The maximum Gasteiger partial charge on any atom is 0.407 e. The van der Waals surface area contributed by atoms with Crippen LogP contribution in [-0.4, -0.2) is 87.1 Å². The number of carbonyl (C=O) groups is 4. The predicted molar refractivity (Wildman–Crippen MR) is 246 cm³/mol. The lowest BCUT2D eigenvalue weighted by molar-refractivity contribution is -0.136. The number of likely N-dealkylation sites (tertiary alicyclic amines) is 2. The Kier molecular flexibility index (Phi) is 12.0. The highest BCUT2D eigenvalue weighted by Gasteiger charge is 2.42. The average molecular weight is 881 g/mol. The van der Waals surface area contributed by atoms with Crippen LogP contribution in [0.1, 0.15) is 94.3 Å². The van der Waals surface area contributed by atoms with E-state index in [4.69, 9.17) is 24.2 Å². The fourth-order valence-electron chi connectivity index (χ4n) is 10.0. The van der Waals surface area contributed by atoms with Gasteiger partial charge in [0.25, 0.3) is 5.91 Å². The third kappa shape index (κ3) is 8.35. The molecule has 6 aromatic rings. The molecule has 3 aliphatic heterocycles. The summed E-state index contributed by atoms with van der Waals surface area (Å²) in [5.74, 6) is 2.22. The van der Waals surface area contributed by atoms with E-state index in [0.717, 1.165) is 81.2 Å². The van der Waals surface area contributed by atoms with Crippen molar-refractivity contribution in [1.82, 2.24) is 40.4 Å². The van der Waals surface area contributed by atoms with E-state index >= 15 is 0 Å². The number of H-pyrrole nitrogens is 2. The van der Waals surface area contributed by atoms with Crippen LogP contribution in [0.2, 0.25) is 0 Å². The van der Waals surface area contributed by atoms with Gasteiger partial charge in [0.05, 0.1) is 49.2 Å². The topological polar surface area (TPSA) is 184 Å². The molecular formula is C50H56N8O7. The van der Waals surface area contributed by atoms with Crippen LogP contribution < -0.4 is 15.4 Å². The summed E-state index contributed by atoms with van der Waals surface area (Å²) in [4.78, 5) is 73.7. The molecule has 4 aromatic carbocycles. The lowest BCUT2D eigenvalue weighted by Crippen LogP contribution is -2.51. The molecule has 2 aromatic heterocycles. The van der Waals surface area contributed by atoms with Gasteiger partial charge < -0.3 is 44.6 Å². The molecule has 4 N–H and O–H groups in total. The number of hydrogen-bond donors (Lipinski definition) is 4. The number of imidazole rings is 2. The summed E-state index contributed by atoms with van der Waals surface area (Å²) in [6.45, 7) is 9.59. The zero-order valence-corrected chi connectivity index (χ0v) is 37.6. The Morgan fingerprint density at radius 2 is 1.60 bits per heavy atom. The molecule has 0 saturated carbocycles. The summed E-state index contributed by atoms with van der Waals surface area (Å²) in [6.07, 6.45) is 3.99. The molecule has 0 radical (unpaired) electrons. The monoisotopic (exact) mass is 880 g/mol. The van der Waals surface area contributed by atoms with Crippen LogP contribution in [0, 0.1) is 17.8 Å². The number of methoxy groups -OCH3 is 2.